The van der Waals surface area contributed by atoms with E-state index >= 15 is 0 Å². The number of carbonyl (C=O) groups excluding carboxylic acids is 1. The minimum Gasteiger partial charge on any atom is -0.481 e. The molecule has 0 bridgehead atoms. The van der Waals surface area contributed by atoms with Crippen LogP contribution in [-0.2, 0) is 23.8 Å². The number of carboxylic acid groups (broad SMARTS) is 1. The number of aliphatic hydroxyl groups excluding tert-OH is 2. The highest BCUT2D eigenvalue weighted by atomic mass is 16.7. The third-order valence-corrected chi connectivity index (χ3v) is 11.5. The average molecular weight is 615 g/mol. The van der Waals surface area contributed by atoms with Crippen LogP contribution in [0.15, 0.2) is 0 Å². The van der Waals surface area contributed by atoms with Crippen LogP contribution in [0.5, 0.6) is 0 Å². The Hall–Kier alpha value is -1.14. The summed E-state index contributed by atoms with van der Waals surface area (Å²) in [6, 6.07) is 0. The number of carbonyl (C=O) groups is 2. The van der Waals surface area contributed by atoms with E-state index in [1.165, 1.54) is 0 Å². The molecule has 5 N–H and O–H groups in total. The summed E-state index contributed by atoms with van der Waals surface area (Å²) in [4.78, 5) is 25.5. The van der Waals surface area contributed by atoms with Crippen molar-refractivity contribution in [2.45, 2.75) is 155 Å². The molecule has 0 radical (unpaired) electrons. The van der Waals surface area contributed by atoms with Gasteiger partial charge in [0, 0.05) is 29.6 Å². The van der Waals surface area contributed by atoms with Gasteiger partial charge in [-0.15, -0.1) is 0 Å². The van der Waals surface area contributed by atoms with Crippen LogP contribution in [0.3, 0.4) is 0 Å². The summed E-state index contributed by atoms with van der Waals surface area (Å²) in [7, 11) is 0. The molecule has 0 saturated carbocycles. The lowest BCUT2D eigenvalue weighted by Gasteiger charge is -2.47. The van der Waals surface area contributed by atoms with Crippen molar-refractivity contribution in [2.75, 3.05) is 0 Å². The summed E-state index contributed by atoms with van der Waals surface area (Å²) in [5.41, 5.74) is -1.99. The first-order valence-electron chi connectivity index (χ1n) is 16.3. The summed E-state index contributed by atoms with van der Waals surface area (Å²) in [6.45, 7) is 18.4. The van der Waals surface area contributed by atoms with Gasteiger partial charge in [-0.25, -0.2) is 0 Å². The maximum absolute atomic E-state index is 14.0. The number of ether oxygens (including phenoxy) is 3. The number of ketones is 1. The van der Waals surface area contributed by atoms with Crippen LogP contribution < -0.4 is 0 Å². The molecule has 3 saturated heterocycles. The van der Waals surface area contributed by atoms with Gasteiger partial charge in [0.25, 0.3) is 0 Å². The molecule has 0 aromatic carbocycles. The summed E-state index contributed by atoms with van der Waals surface area (Å²) < 4.78 is 19.0. The number of aliphatic hydroxyl groups is 4. The topological polar surface area (TPSA) is 163 Å². The minimum absolute atomic E-state index is 0.0667. The van der Waals surface area contributed by atoms with Gasteiger partial charge >= 0.3 is 5.97 Å². The first-order chi connectivity index (χ1) is 19.7. The van der Waals surface area contributed by atoms with Crippen LogP contribution in [0.1, 0.15) is 108 Å². The van der Waals surface area contributed by atoms with E-state index in [0.29, 0.717) is 32.1 Å². The predicted molar refractivity (Wildman–Crippen MR) is 160 cm³/mol. The largest absolute Gasteiger partial charge is 0.481 e. The van der Waals surface area contributed by atoms with Gasteiger partial charge in [-0.2, -0.15) is 0 Å². The molecular formula is C33H58O10. The number of Topliss-reactive ketones (excluding diaryl/α,β-unsaturated/α-hetero) is 1. The molecule has 10 heteroatoms. The van der Waals surface area contributed by atoms with Crippen molar-refractivity contribution in [2.24, 2.45) is 41.4 Å². The highest BCUT2D eigenvalue weighted by molar-refractivity contribution is 5.84. The highest BCUT2D eigenvalue weighted by Crippen LogP contribution is 2.56. The van der Waals surface area contributed by atoms with Crippen molar-refractivity contribution in [3.05, 3.63) is 0 Å². The monoisotopic (exact) mass is 614 g/mol. The van der Waals surface area contributed by atoms with Crippen LogP contribution >= 0.6 is 0 Å². The molecule has 43 heavy (non-hydrogen) atoms. The molecule has 3 rings (SSSR count). The van der Waals surface area contributed by atoms with Crippen molar-refractivity contribution >= 4 is 11.8 Å². The number of carboxylic acids is 1. The molecule has 10 nitrogen and oxygen atoms in total. The van der Waals surface area contributed by atoms with Crippen LogP contribution in [0.25, 0.3) is 0 Å². The van der Waals surface area contributed by atoms with E-state index in [1.54, 1.807) is 27.7 Å². The second-order valence-electron chi connectivity index (χ2n) is 14.7. The van der Waals surface area contributed by atoms with E-state index in [9.17, 15) is 35.1 Å². The number of aliphatic carboxylic acids is 1. The predicted octanol–water partition coefficient (Wildman–Crippen LogP) is 3.90. The SMILES string of the molecule is CC[C@H](C(=O)[C@@H](C)[C@@H](O)[C@H](C)[C@H]1O[C@@](O)(CC(=O)O)[C@H](C)C[C@@H]1C)[C@H]1O[C@](C)([C@]2(O)O[C@@](CC)([C@H](C)O)C[C@H]2C)C[C@@H]1C. The second-order valence-corrected chi connectivity index (χ2v) is 14.7. The van der Waals surface area contributed by atoms with Crippen LogP contribution in [-0.4, -0.2) is 84.5 Å². The van der Waals surface area contributed by atoms with Gasteiger partial charge < -0.3 is 39.7 Å². The third kappa shape index (κ3) is 6.44. The Labute approximate surface area is 257 Å². The lowest BCUT2D eigenvalue weighted by atomic mass is 9.73. The average Bonchev–Trinajstić information content (AvgIpc) is 3.39. The standard InChI is InChI=1S/C33H58O10/c1-11-24(29-18(4)14-30(10,41-29)33(40)20(6)15-31(12-2,43-33)23(9)34)27(38)21(7)26(37)22(8)28-17(3)13-19(5)32(39,42-28)16-25(35)36/h17-24,26,28-29,34,37,39-40H,11-16H2,1-10H3,(H,35,36)/t17-,18-,19+,20+,21-,22-,23-,24+,26+,28-,29-,30-,31+,32-,33+/m0/s1. The maximum Gasteiger partial charge on any atom is 0.308 e. The van der Waals surface area contributed by atoms with E-state index in [-0.39, 0.29) is 23.5 Å². The lowest BCUT2D eigenvalue weighted by molar-refractivity contribution is -0.331. The Kier molecular flexibility index (Phi) is 10.9. The smallest absolute Gasteiger partial charge is 0.308 e. The lowest BCUT2D eigenvalue weighted by Crippen LogP contribution is -2.57. The van der Waals surface area contributed by atoms with Gasteiger partial charge in [0.05, 0.1) is 36.4 Å². The number of rotatable bonds is 12. The minimum atomic E-state index is -1.85. The van der Waals surface area contributed by atoms with E-state index in [1.807, 2.05) is 41.5 Å². The maximum atomic E-state index is 14.0. The molecule has 0 aliphatic carbocycles. The summed E-state index contributed by atoms with van der Waals surface area (Å²) in [5.74, 6) is -7.57. The van der Waals surface area contributed by atoms with E-state index in [0.717, 1.165) is 0 Å². The second kappa shape index (κ2) is 12.9. The van der Waals surface area contributed by atoms with Crippen molar-refractivity contribution in [3.63, 3.8) is 0 Å². The molecule has 3 aliphatic rings. The van der Waals surface area contributed by atoms with Crippen molar-refractivity contribution in [1.29, 1.82) is 0 Å². The zero-order valence-corrected chi connectivity index (χ0v) is 27.9. The quantitative estimate of drug-likeness (QED) is 0.218. The molecule has 3 fully saturated rings. The third-order valence-electron chi connectivity index (χ3n) is 11.5. The van der Waals surface area contributed by atoms with Gasteiger partial charge in [-0.3, -0.25) is 9.59 Å². The molecule has 250 valence electrons. The highest BCUT2D eigenvalue weighted by Gasteiger charge is 2.66. The molecule has 3 heterocycles. The first-order valence-corrected chi connectivity index (χ1v) is 16.3. The zero-order valence-electron chi connectivity index (χ0n) is 27.9. The molecule has 15 atom stereocenters. The van der Waals surface area contributed by atoms with Gasteiger partial charge in [-0.05, 0) is 57.8 Å². The Morgan fingerprint density at radius 1 is 0.907 bits per heavy atom. The van der Waals surface area contributed by atoms with Crippen molar-refractivity contribution in [1.82, 2.24) is 0 Å². The molecule has 0 amide bonds. The Morgan fingerprint density at radius 3 is 2.00 bits per heavy atom. The van der Waals surface area contributed by atoms with Gasteiger partial charge in [0.15, 0.2) is 11.6 Å². The molecular weight excluding hydrogens is 556 g/mol. The van der Waals surface area contributed by atoms with Crippen LogP contribution in [0, 0.1) is 41.4 Å². The Bertz CT molecular complexity index is 1000. The molecule has 0 aromatic rings. The van der Waals surface area contributed by atoms with E-state index in [4.69, 9.17) is 14.2 Å². The van der Waals surface area contributed by atoms with Crippen LogP contribution in [0.2, 0.25) is 0 Å². The molecule has 0 aromatic heterocycles. The fourth-order valence-electron chi connectivity index (χ4n) is 8.56. The molecule has 3 aliphatic heterocycles. The zero-order chi connectivity index (χ0) is 32.9. The summed E-state index contributed by atoms with van der Waals surface area (Å²) >= 11 is 0. The van der Waals surface area contributed by atoms with Gasteiger partial charge in [-0.1, -0.05) is 55.4 Å². The van der Waals surface area contributed by atoms with E-state index in [2.05, 4.69) is 0 Å². The fraction of sp³-hybridized carbons (Fsp3) is 0.939. The normalized spacial score (nSPS) is 45.3. The Morgan fingerprint density at radius 2 is 1.51 bits per heavy atom. The van der Waals surface area contributed by atoms with Gasteiger partial charge in [0.2, 0.25) is 0 Å². The number of hydrogen-bond donors (Lipinski definition) is 5. The fourth-order valence-corrected chi connectivity index (χ4v) is 8.56. The van der Waals surface area contributed by atoms with Crippen molar-refractivity contribution in [3.8, 4) is 0 Å². The van der Waals surface area contributed by atoms with Gasteiger partial charge in [0.1, 0.15) is 11.4 Å². The Balaban J connectivity index is 1.78. The molecule has 0 spiro atoms. The summed E-state index contributed by atoms with van der Waals surface area (Å²) in [5, 5.41) is 54.3. The van der Waals surface area contributed by atoms with Crippen LogP contribution in [0.4, 0.5) is 0 Å². The first kappa shape index (κ1) is 36.3. The van der Waals surface area contributed by atoms with E-state index < -0.39 is 83.3 Å². The molecule has 0 unspecified atom stereocenters. The number of hydrogen-bond acceptors (Lipinski definition) is 9. The summed E-state index contributed by atoms with van der Waals surface area (Å²) in [6.07, 6.45) is -1.12. The van der Waals surface area contributed by atoms with Crippen molar-refractivity contribution < 1.29 is 49.3 Å².